The third-order valence-electron chi connectivity index (χ3n) is 2.46. The molecule has 0 aromatic heterocycles. The van der Waals surface area contributed by atoms with E-state index in [-0.39, 0.29) is 0 Å². The molecule has 0 spiro atoms. The van der Waals surface area contributed by atoms with Crippen LogP contribution in [0.4, 0.5) is 0 Å². The Morgan fingerprint density at radius 3 is 1.84 bits per heavy atom. The summed E-state index contributed by atoms with van der Waals surface area (Å²) in [4.78, 5) is 0. The Morgan fingerprint density at radius 1 is 0.789 bits per heavy atom. The second kappa shape index (κ2) is 8.98. The van der Waals surface area contributed by atoms with Crippen molar-refractivity contribution in [3.63, 3.8) is 0 Å². The van der Waals surface area contributed by atoms with Crippen LogP contribution in [0.3, 0.4) is 0 Å². The van der Waals surface area contributed by atoms with Gasteiger partial charge < -0.3 is 4.74 Å². The molecule has 0 radical (unpaired) electrons. The van der Waals surface area contributed by atoms with Gasteiger partial charge in [-0.15, -0.1) is 0 Å². The van der Waals surface area contributed by atoms with Crippen molar-refractivity contribution in [2.24, 2.45) is 0 Å². The number of benzene rings is 2. The van der Waals surface area contributed by atoms with Gasteiger partial charge in [0.2, 0.25) is 0 Å². The van der Waals surface area contributed by atoms with E-state index in [2.05, 4.69) is 36.4 Å². The predicted molar refractivity (Wildman–Crippen MR) is 84.3 cm³/mol. The number of ether oxygens (including phenoxy) is 1. The molecule has 1 heteroatoms. The molecule has 2 aromatic rings. The normalized spacial score (nSPS) is 9.84. The van der Waals surface area contributed by atoms with Gasteiger partial charge in [-0.05, 0) is 30.2 Å². The minimum absolute atomic E-state index is 0.708. The van der Waals surface area contributed by atoms with Gasteiger partial charge in [0.15, 0.2) is 0 Å². The van der Waals surface area contributed by atoms with E-state index in [0.29, 0.717) is 6.61 Å². The molecule has 0 aliphatic rings. The van der Waals surface area contributed by atoms with Crippen LogP contribution in [0.1, 0.15) is 31.9 Å². The van der Waals surface area contributed by atoms with E-state index in [0.717, 1.165) is 5.75 Å². The highest BCUT2D eigenvalue weighted by molar-refractivity contribution is 5.69. The molecule has 100 valence electrons. The van der Waals surface area contributed by atoms with Gasteiger partial charge >= 0.3 is 0 Å². The van der Waals surface area contributed by atoms with Gasteiger partial charge in [0.1, 0.15) is 5.75 Å². The smallest absolute Gasteiger partial charge is 0.119 e. The highest BCUT2D eigenvalue weighted by Crippen LogP contribution is 2.14. The summed E-state index contributed by atoms with van der Waals surface area (Å²) in [6.45, 7) is 6.70. The van der Waals surface area contributed by atoms with E-state index in [4.69, 9.17) is 4.74 Å². The van der Waals surface area contributed by atoms with Crippen LogP contribution in [0, 0.1) is 0 Å². The molecule has 0 N–H and O–H groups in total. The second-order valence-corrected chi connectivity index (χ2v) is 3.75. The van der Waals surface area contributed by atoms with Crippen molar-refractivity contribution in [1.29, 1.82) is 0 Å². The first-order chi connectivity index (χ1) is 9.38. The maximum absolute atomic E-state index is 5.40. The first kappa shape index (κ1) is 15.0. The van der Waals surface area contributed by atoms with Gasteiger partial charge in [-0.2, -0.15) is 0 Å². The molecule has 0 fully saturated rings. The zero-order valence-electron chi connectivity index (χ0n) is 12.0. The Morgan fingerprint density at radius 2 is 1.32 bits per heavy atom. The third kappa shape index (κ3) is 5.43. The van der Waals surface area contributed by atoms with Crippen LogP contribution in [0.25, 0.3) is 12.2 Å². The summed E-state index contributed by atoms with van der Waals surface area (Å²) in [5, 5.41) is 0. The molecule has 0 amide bonds. The summed E-state index contributed by atoms with van der Waals surface area (Å²) < 4.78 is 5.40. The van der Waals surface area contributed by atoms with E-state index >= 15 is 0 Å². The lowest BCUT2D eigenvalue weighted by Crippen LogP contribution is -1.90. The lowest BCUT2D eigenvalue weighted by Gasteiger charge is -2.02. The number of hydrogen-bond donors (Lipinski definition) is 0. The predicted octanol–water partition coefficient (Wildman–Crippen LogP) is 5.28. The summed E-state index contributed by atoms with van der Waals surface area (Å²) in [6.07, 6.45) is 4.21. The topological polar surface area (TPSA) is 9.23 Å². The molecule has 0 bridgehead atoms. The van der Waals surface area contributed by atoms with Crippen LogP contribution in [0.2, 0.25) is 0 Å². The number of hydrogen-bond acceptors (Lipinski definition) is 1. The fourth-order valence-corrected chi connectivity index (χ4v) is 1.60. The molecule has 2 rings (SSSR count). The fourth-order valence-electron chi connectivity index (χ4n) is 1.60. The van der Waals surface area contributed by atoms with Crippen molar-refractivity contribution in [2.45, 2.75) is 20.8 Å². The average molecular weight is 254 g/mol. The zero-order chi connectivity index (χ0) is 13.9. The summed E-state index contributed by atoms with van der Waals surface area (Å²) in [6, 6.07) is 18.4. The zero-order valence-corrected chi connectivity index (χ0v) is 12.0. The average Bonchev–Trinajstić information content (AvgIpc) is 2.50. The Balaban J connectivity index is 0.000000861. The molecular weight excluding hydrogens is 232 g/mol. The summed E-state index contributed by atoms with van der Waals surface area (Å²) in [5.74, 6) is 0.921. The Kier molecular flexibility index (Phi) is 7.11. The lowest BCUT2D eigenvalue weighted by molar-refractivity contribution is 0.340. The largest absolute Gasteiger partial charge is 0.494 e. The van der Waals surface area contributed by atoms with Gasteiger partial charge in [-0.1, -0.05) is 68.5 Å². The SMILES string of the molecule is CC.CCOc1ccc(/C=C/c2ccccc2)cc1. The Hall–Kier alpha value is -2.02. The van der Waals surface area contributed by atoms with Crippen molar-refractivity contribution < 1.29 is 4.74 Å². The summed E-state index contributed by atoms with van der Waals surface area (Å²) in [7, 11) is 0. The van der Waals surface area contributed by atoms with E-state index in [1.165, 1.54) is 11.1 Å². The molecule has 19 heavy (non-hydrogen) atoms. The molecule has 0 aliphatic heterocycles. The van der Waals surface area contributed by atoms with Crippen LogP contribution in [0.5, 0.6) is 5.75 Å². The van der Waals surface area contributed by atoms with Crippen molar-refractivity contribution in [1.82, 2.24) is 0 Å². The molecule has 0 saturated carbocycles. The minimum Gasteiger partial charge on any atom is -0.494 e. The van der Waals surface area contributed by atoms with E-state index < -0.39 is 0 Å². The van der Waals surface area contributed by atoms with E-state index in [9.17, 15) is 0 Å². The van der Waals surface area contributed by atoms with Crippen molar-refractivity contribution in [3.05, 3.63) is 65.7 Å². The Labute approximate surface area is 116 Å². The first-order valence-corrected chi connectivity index (χ1v) is 6.84. The summed E-state index contributed by atoms with van der Waals surface area (Å²) >= 11 is 0. The monoisotopic (exact) mass is 254 g/mol. The van der Waals surface area contributed by atoms with Crippen LogP contribution in [0.15, 0.2) is 54.6 Å². The first-order valence-electron chi connectivity index (χ1n) is 6.84. The van der Waals surface area contributed by atoms with Gasteiger partial charge in [0, 0.05) is 0 Å². The quantitative estimate of drug-likeness (QED) is 0.674. The standard InChI is InChI=1S/C16H16O.C2H6/c1-2-17-16-12-10-15(11-13-16)9-8-14-6-4-3-5-7-14;1-2/h3-13H,2H2,1H3;1-2H3/b9-8+;. The molecule has 2 aromatic carbocycles. The van der Waals surface area contributed by atoms with Gasteiger partial charge in [-0.25, -0.2) is 0 Å². The Bertz CT molecular complexity index is 469. The number of rotatable bonds is 4. The summed E-state index contributed by atoms with van der Waals surface area (Å²) in [5.41, 5.74) is 2.39. The molecule has 0 heterocycles. The molecule has 0 saturated heterocycles. The van der Waals surface area contributed by atoms with Crippen LogP contribution >= 0.6 is 0 Å². The molecule has 0 aliphatic carbocycles. The van der Waals surface area contributed by atoms with Gasteiger partial charge in [0.25, 0.3) is 0 Å². The maximum Gasteiger partial charge on any atom is 0.119 e. The lowest BCUT2D eigenvalue weighted by atomic mass is 10.1. The highest BCUT2D eigenvalue weighted by Gasteiger charge is 1.91. The van der Waals surface area contributed by atoms with E-state index in [1.807, 2.05) is 51.1 Å². The minimum atomic E-state index is 0.708. The van der Waals surface area contributed by atoms with Crippen LogP contribution in [-0.4, -0.2) is 6.61 Å². The fraction of sp³-hybridized carbons (Fsp3) is 0.222. The third-order valence-corrected chi connectivity index (χ3v) is 2.46. The van der Waals surface area contributed by atoms with Gasteiger partial charge in [0.05, 0.1) is 6.61 Å². The van der Waals surface area contributed by atoms with Crippen LogP contribution in [-0.2, 0) is 0 Å². The van der Waals surface area contributed by atoms with Crippen LogP contribution < -0.4 is 4.74 Å². The molecular formula is C18H22O. The molecule has 0 unspecified atom stereocenters. The molecule has 0 atom stereocenters. The van der Waals surface area contributed by atoms with Crippen molar-refractivity contribution in [3.8, 4) is 5.75 Å². The maximum atomic E-state index is 5.40. The highest BCUT2D eigenvalue weighted by atomic mass is 16.5. The molecule has 1 nitrogen and oxygen atoms in total. The van der Waals surface area contributed by atoms with Gasteiger partial charge in [-0.3, -0.25) is 0 Å². The second-order valence-electron chi connectivity index (χ2n) is 3.75. The van der Waals surface area contributed by atoms with E-state index in [1.54, 1.807) is 0 Å². The van der Waals surface area contributed by atoms with Crippen molar-refractivity contribution in [2.75, 3.05) is 6.61 Å². The van der Waals surface area contributed by atoms with Crippen molar-refractivity contribution >= 4 is 12.2 Å².